The summed E-state index contributed by atoms with van der Waals surface area (Å²) in [4.78, 5) is 88.1. The van der Waals surface area contributed by atoms with Crippen LogP contribution in [-0.4, -0.2) is 108 Å². The van der Waals surface area contributed by atoms with E-state index >= 15 is 0 Å². The van der Waals surface area contributed by atoms with Crippen molar-refractivity contribution < 1.29 is 14.4 Å². The average Bonchev–Trinajstić information content (AvgIpc) is 1.64. The van der Waals surface area contributed by atoms with Crippen molar-refractivity contribution >= 4 is 101 Å². The average molecular weight is 1480 g/mol. The monoisotopic (exact) mass is 1480 g/mol. The first-order valence-electron chi connectivity index (χ1n) is 36.6. The second-order valence-electron chi connectivity index (χ2n) is 28.5. The van der Waals surface area contributed by atoms with E-state index in [1.165, 1.54) is 0 Å². The molecule has 0 unspecified atom stereocenters. The van der Waals surface area contributed by atoms with Crippen molar-refractivity contribution in [2.75, 3.05) is 16.0 Å². The van der Waals surface area contributed by atoms with Gasteiger partial charge in [0.05, 0.1) is 91.7 Å². The van der Waals surface area contributed by atoms with Gasteiger partial charge in [-0.2, -0.15) is 15.3 Å². The third kappa shape index (κ3) is 15.0. The minimum absolute atomic E-state index is 0.0444. The predicted octanol–water partition coefficient (Wildman–Crippen LogP) is 18.5. The number of benzene rings is 7. The van der Waals surface area contributed by atoms with E-state index in [1.807, 2.05) is 229 Å². The van der Waals surface area contributed by atoms with Gasteiger partial charge >= 0.3 is 0 Å². The van der Waals surface area contributed by atoms with Crippen LogP contribution in [0.15, 0.2) is 268 Å². The molecule has 19 aromatic rings. The first-order chi connectivity index (χ1) is 55.1. The third-order valence-electron chi connectivity index (χ3n) is 19.3. The van der Waals surface area contributed by atoms with Gasteiger partial charge in [-0.3, -0.25) is 59.6 Å². The maximum absolute atomic E-state index is 12.6. The Labute approximate surface area is 645 Å². The van der Waals surface area contributed by atoms with Crippen molar-refractivity contribution in [1.82, 2.24) is 90.4 Å². The number of rotatable bonds is 15. The molecule has 0 atom stereocenters. The molecular formula is C89H71N21O3. The number of hydrogen-bond acceptors (Lipinski definition) is 15. The van der Waals surface area contributed by atoms with Crippen molar-refractivity contribution in [3.63, 3.8) is 0 Å². The lowest BCUT2D eigenvalue weighted by Gasteiger charge is -2.17. The van der Waals surface area contributed by atoms with E-state index in [9.17, 15) is 14.4 Å². The van der Waals surface area contributed by atoms with Gasteiger partial charge < -0.3 is 30.9 Å². The number of aromatic nitrogens is 18. The summed E-state index contributed by atoms with van der Waals surface area (Å²) >= 11 is 0. The van der Waals surface area contributed by atoms with Gasteiger partial charge in [0.25, 0.3) is 0 Å². The fourth-order valence-electron chi connectivity index (χ4n) is 13.4. The first kappa shape index (κ1) is 70.6. The highest BCUT2D eigenvalue weighted by Crippen LogP contribution is 2.39. The largest absolute Gasteiger partial charge is 0.337 e. The summed E-state index contributed by atoms with van der Waals surface area (Å²) in [6, 6.07) is 63.7. The van der Waals surface area contributed by atoms with Crippen LogP contribution in [0.5, 0.6) is 0 Å². The van der Waals surface area contributed by atoms with Crippen molar-refractivity contribution in [2.45, 2.75) is 41.0 Å². The van der Waals surface area contributed by atoms with Crippen LogP contribution in [0.4, 0.5) is 17.1 Å². The molecule has 0 saturated heterocycles. The minimum Gasteiger partial charge on any atom is -0.337 e. The van der Waals surface area contributed by atoms with Gasteiger partial charge in [0.2, 0.25) is 17.7 Å². The predicted molar refractivity (Wildman–Crippen MR) is 443 cm³/mol. The second kappa shape index (κ2) is 30.4. The molecule has 0 aliphatic heterocycles. The standard InChI is InChI=1S/C32H23N7O.C29H25N7O.C28H23N7O/c40-29(14-20-6-2-1-3-7-20)35-24-15-23(18-34-19-24)21-11-12-27-26(16-21)31(39-38-27)32-36-28-10-4-9-25(30(28)37-32)22-8-5-13-33-17-22;1-29(2,3)28(37)32-20-12-19(15-31-16-20)17-9-10-23-22(13-17)26(36-35-23)27-33-24-8-4-7-21(25(24)34-27)18-6-5-11-30-14-18;1-16(2)28(36)31-20-11-19(14-30-15-20)17-8-9-23-22(12-17)26(35-34-23)27-32-24-7-3-6-21(25(24)33-27)18-5-4-10-29-13-18/h1-13,15-19H,14H2,(H,35,40)(H,36,37)(H,38,39);4-16H,1-3H3,(H,32,37)(H,33,34)(H,35,36);3-16H,1-2H3,(H,31,36)(H,32,33)(H,34,35). The molecule has 19 rings (SSSR count). The smallest absolute Gasteiger partial charge is 0.229 e. The number of carbonyl (C=O) groups excluding carboxylic acids is 3. The van der Waals surface area contributed by atoms with Crippen LogP contribution in [0.25, 0.3) is 167 Å². The zero-order chi connectivity index (χ0) is 77.1. The summed E-state index contributed by atoms with van der Waals surface area (Å²) in [5.41, 5.74) is 24.3. The third-order valence-corrected chi connectivity index (χ3v) is 19.3. The molecule has 0 bridgehead atoms. The van der Waals surface area contributed by atoms with Gasteiger partial charge in [0.1, 0.15) is 17.1 Å². The van der Waals surface area contributed by atoms with Crippen LogP contribution in [0.3, 0.4) is 0 Å². The number of pyridine rings is 6. The number of nitrogens with zero attached hydrogens (tertiary/aromatic N) is 12. The molecular weight excluding hydrogens is 1410 g/mol. The highest BCUT2D eigenvalue weighted by molar-refractivity contribution is 6.03. The fourth-order valence-corrected chi connectivity index (χ4v) is 13.4. The Hall–Kier alpha value is -15.3. The molecule has 7 aromatic carbocycles. The number of para-hydroxylation sites is 3. The Bertz CT molecular complexity index is 6740. The van der Waals surface area contributed by atoms with Crippen LogP contribution in [0, 0.1) is 11.3 Å². The lowest BCUT2D eigenvalue weighted by atomic mass is 9.95. The summed E-state index contributed by atoms with van der Waals surface area (Å²) in [6.45, 7) is 9.36. The maximum atomic E-state index is 12.6. The highest BCUT2D eigenvalue weighted by Gasteiger charge is 2.24. The maximum Gasteiger partial charge on any atom is 0.229 e. The van der Waals surface area contributed by atoms with Crippen molar-refractivity contribution in [2.24, 2.45) is 11.3 Å². The lowest BCUT2D eigenvalue weighted by Crippen LogP contribution is -2.27. The highest BCUT2D eigenvalue weighted by atomic mass is 16.2. The number of amides is 3. The van der Waals surface area contributed by atoms with Crippen LogP contribution >= 0.6 is 0 Å². The topological polar surface area (TPSA) is 337 Å². The van der Waals surface area contributed by atoms with E-state index in [0.29, 0.717) is 41.0 Å². The van der Waals surface area contributed by atoms with E-state index in [2.05, 4.69) is 110 Å². The van der Waals surface area contributed by atoms with E-state index in [1.54, 1.807) is 55.8 Å². The van der Waals surface area contributed by atoms with E-state index in [-0.39, 0.29) is 23.6 Å². The normalized spacial score (nSPS) is 11.5. The van der Waals surface area contributed by atoms with Gasteiger partial charge in [-0.1, -0.05) is 138 Å². The molecule has 0 fully saturated rings. The Morgan fingerprint density at radius 1 is 0.354 bits per heavy atom. The molecule has 9 N–H and O–H groups in total. The number of imidazole rings is 3. The zero-order valence-electron chi connectivity index (χ0n) is 61.8. The van der Waals surface area contributed by atoms with Crippen molar-refractivity contribution in [3.05, 3.63) is 274 Å². The molecule has 12 heterocycles. The molecule has 24 nitrogen and oxygen atoms in total. The molecule has 0 aliphatic carbocycles. The number of carbonyl (C=O) groups is 3. The Morgan fingerprint density at radius 2 is 0.726 bits per heavy atom. The van der Waals surface area contributed by atoms with Gasteiger partial charge in [0, 0.05) is 133 Å². The molecule has 550 valence electrons. The minimum atomic E-state index is -0.496. The fraction of sp³-hybridized carbons (Fsp3) is 0.0899. The summed E-state index contributed by atoms with van der Waals surface area (Å²) < 4.78 is 0. The molecule has 12 aromatic heterocycles. The molecule has 24 heteroatoms. The summed E-state index contributed by atoms with van der Waals surface area (Å²) in [7, 11) is 0. The van der Waals surface area contributed by atoms with Gasteiger partial charge in [-0.25, -0.2) is 15.0 Å². The van der Waals surface area contributed by atoms with Crippen LogP contribution in [0.1, 0.15) is 40.2 Å². The second-order valence-corrected chi connectivity index (χ2v) is 28.5. The van der Waals surface area contributed by atoms with E-state index in [4.69, 9.17) is 15.0 Å². The van der Waals surface area contributed by atoms with Gasteiger partial charge in [-0.15, -0.1) is 0 Å². The number of nitrogens with one attached hydrogen (secondary N) is 9. The van der Waals surface area contributed by atoms with Crippen molar-refractivity contribution in [1.29, 1.82) is 0 Å². The molecule has 0 saturated carbocycles. The molecule has 3 amide bonds. The molecule has 113 heavy (non-hydrogen) atoms. The number of hydrogen-bond donors (Lipinski definition) is 9. The Morgan fingerprint density at radius 3 is 1.09 bits per heavy atom. The quantitative estimate of drug-likeness (QED) is 0.0461. The SMILES string of the molecule is CC(C)(C)C(=O)Nc1cncc(-c2ccc3[nH]nc(-c4nc5c(-c6cccnc6)cccc5[nH]4)c3c2)c1.CC(C)C(=O)Nc1cncc(-c2ccc3[nH]nc(-c4nc5c(-c6cccnc6)cccc5[nH]4)c3c2)c1.O=C(Cc1ccccc1)Nc1cncc(-c2ccc3[nH]nc(-c4nc5c(-c6cccnc6)cccc5[nH]4)c3c2)c1. The number of H-pyrrole nitrogens is 6. The molecule has 0 spiro atoms. The Kier molecular flexibility index (Phi) is 19.0. The Balaban J connectivity index is 0.000000123. The number of anilines is 3. The van der Waals surface area contributed by atoms with Gasteiger partial charge in [0.15, 0.2) is 17.5 Å². The van der Waals surface area contributed by atoms with Crippen molar-refractivity contribution in [3.8, 4) is 101 Å². The van der Waals surface area contributed by atoms with E-state index < -0.39 is 5.41 Å². The summed E-state index contributed by atoms with van der Waals surface area (Å²) in [6.07, 6.45) is 21.4. The summed E-state index contributed by atoms with van der Waals surface area (Å²) in [5, 5.41) is 34.7. The van der Waals surface area contributed by atoms with E-state index in [0.717, 1.165) is 155 Å². The lowest BCUT2D eigenvalue weighted by molar-refractivity contribution is -0.123. The summed E-state index contributed by atoms with van der Waals surface area (Å²) in [5.74, 6) is 1.73. The van der Waals surface area contributed by atoms with Crippen LogP contribution in [0.2, 0.25) is 0 Å². The molecule has 0 radical (unpaired) electrons. The molecule has 0 aliphatic rings. The van der Waals surface area contributed by atoms with Gasteiger partial charge in [-0.05, 0) is 113 Å². The number of aromatic amines is 6. The zero-order valence-corrected chi connectivity index (χ0v) is 61.8. The van der Waals surface area contributed by atoms with Crippen LogP contribution < -0.4 is 16.0 Å². The van der Waals surface area contributed by atoms with Crippen LogP contribution in [-0.2, 0) is 20.8 Å². The number of fused-ring (bicyclic) bond motifs is 6. The first-order valence-corrected chi connectivity index (χ1v) is 36.6.